The first-order valence-electron chi connectivity index (χ1n) is 8.28. The average molecular weight is 340 g/mol. The van der Waals surface area contributed by atoms with E-state index in [0.29, 0.717) is 18.2 Å². The van der Waals surface area contributed by atoms with Crippen LogP contribution >= 0.6 is 12.4 Å². The molecule has 1 aromatic carbocycles. The molecule has 2 aliphatic heterocycles. The SMILES string of the molecule is Cl.O=C(CCC1CCCN1)N1CCN(c2ccccc2O)CC1. The van der Waals surface area contributed by atoms with Crippen LogP contribution in [0.3, 0.4) is 0 Å². The minimum absolute atomic E-state index is 0. The Hall–Kier alpha value is -1.46. The number of rotatable bonds is 4. The number of piperazine rings is 1. The standard InChI is InChI=1S/C17H25N3O2.ClH/c21-16-6-2-1-5-15(16)19-10-12-20(13-11-19)17(22)8-7-14-4-3-9-18-14;/h1-2,5-6,14,18,21H,3-4,7-13H2;1H. The zero-order valence-electron chi connectivity index (χ0n) is 13.4. The Balaban J connectivity index is 0.00000192. The third-order valence-electron chi connectivity index (χ3n) is 4.72. The second-order valence-corrected chi connectivity index (χ2v) is 6.19. The summed E-state index contributed by atoms with van der Waals surface area (Å²) in [4.78, 5) is 16.4. The van der Waals surface area contributed by atoms with E-state index < -0.39 is 0 Å². The fourth-order valence-electron chi connectivity index (χ4n) is 3.39. The lowest BCUT2D eigenvalue weighted by Gasteiger charge is -2.36. The maximum absolute atomic E-state index is 12.3. The van der Waals surface area contributed by atoms with Gasteiger partial charge in [0.25, 0.3) is 0 Å². The first kappa shape index (κ1) is 17.9. The van der Waals surface area contributed by atoms with E-state index in [9.17, 15) is 9.90 Å². The van der Waals surface area contributed by atoms with Crippen molar-refractivity contribution < 1.29 is 9.90 Å². The number of anilines is 1. The molecule has 0 aromatic heterocycles. The van der Waals surface area contributed by atoms with Gasteiger partial charge in [-0.15, -0.1) is 12.4 Å². The van der Waals surface area contributed by atoms with E-state index in [1.165, 1.54) is 12.8 Å². The monoisotopic (exact) mass is 339 g/mol. The largest absolute Gasteiger partial charge is 0.506 e. The molecule has 0 saturated carbocycles. The number of nitrogens with one attached hydrogen (secondary N) is 1. The maximum Gasteiger partial charge on any atom is 0.222 e. The summed E-state index contributed by atoms with van der Waals surface area (Å²) in [7, 11) is 0. The summed E-state index contributed by atoms with van der Waals surface area (Å²) >= 11 is 0. The molecule has 2 heterocycles. The van der Waals surface area contributed by atoms with Gasteiger partial charge in [-0.2, -0.15) is 0 Å². The van der Waals surface area contributed by atoms with Crippen LogP contribution in [0.4, 0.5) is 5.69 Å². The summed E-state index contributed by atoms with van der Waals surface area (Å²) in [5.74, 6) is 0.584. The molecule has 3 rings (SSSR count). The van der Waals surface area contributed by atoms with Crippen LogP contribution in [0.1, 0.15) is 25.7 Å². The number of carbonyl (C=O) groups is 1. The second kappa shape index (κ2) is 8.41. The highest BCUT2D eigenvalue weighted by molar-refractivity contribution is 5.85. The molecule has 1 atom stereocenters. The number of phenols is 1. The minimum Gasteiger partial charge on any atom is -0.506 e. The van der Waals surface area contributed by atoms with Crippen LogP contribution in [-0.4, -0.2) is 54.7 Å². The zero-order valence-corrected chi connectivity index (χ0v) is 14.2. The van der Waals surface area contributed by atoms with Crippen molar-refractivity contribution >= 4 is 24.0 Å². The maximum atomic E-state index is 12.3. The fraction of sp³-hybridized carbons (Fsp3) is 0.588. The summed E-state index contributed by atoms with van der Waals surface area (Å²) in [5, 5.41) is 13.4. The molecule has 2 saturated heterocycles. The number of nitrogens with zero attached hydrogens (tertiary/aromatic N) is 2. The van der Waals surface area contributed by atoms with Crippen LogP contribution in [0, 0.1) is 0 Å². The average Bonchev–Trinajstić information content (AvgIpc) is 3.07. The van der Waals surface area contributed by atoms with Crippen LogP contribution in [0.15, 0.2) is 24.3 Å². The van der Waals surface area contributed by atoms with Gasteiger partial charge in [0.15, 0.2) is 0 Å². The van der Waals surface area contributed by atoms with Crippen molar-refractivity contribution in [1.29, 1.82) is 0 Å². The number of halogens is 1. The van der Waals surface area contributed by atoms with Gasteiger partial charge in [-0.05, 0) is 37.9 Å². The number of para-hydroxylation sites is 2. The third-order valence-corrected chi connectivity index (χ3v) is 4.72. The molecule has 2 aliphatic rings. The molecule has 5 nitrogen and oxygen atoms in total. The lowest BCUT2D eigenvalue weighted by atomic mass is 10.1. The predicted octanol–water partition coefficient (Wildman–Crippen LogP) is 1.99. The number of aromatic hydroxyl groups is 1. The fourth-order valence-corrected chi connectivity index (χ4v) is 3.39. The summed E-state index contributed by atoms with van der Waals surface area (Å²) in [5.41, 5.74) is 0.866. The molecule has 1 amide bonds. The van der Waals surface area contributed by atoms with Crippen molar-refractivity contribution in [2.45, 2.75) is 31.7 Å². The normalized spacial score (nSPS) is 21.1. The highest BCUT2D eigenvalue weighted by Crippen LogP contribution is 2.27. The first-order chi connectivity index (χ1) is 10.7. The van der Waals surface area contributed by atoms with Crippen molar-refractivity contribution in [3.63, 3.8) is 0 Å². The molecule has 1 aromatic rings. The van der Waals surface area contributed by atoms with E-state index in [2.05, 4.69) is 10.2 Å². The Morgan fingerprint density at radius 1 is 1.22 bits per heavy atom. The molecule has 0 bridgehead atoms. The Kier molecular flexibility index (Phi) is 6.54. The number of phenolic OH excluding ortho intramolecular Hbond substituents is 1. The van der Waals surface area contributed by atoms with Crippen molar-refractivity contribution in [2.24, 2.45) is 0 Å². The summed E-state index contributed by atoms with van der Waals surface area (Å²) < 4.78 is 0. The van der Waals surface area contributed by atoms with Gasteiger partial charge in [0.1, 0.15) is 5.75 Å². The van der Waals surface area contributed by atoms with E-state index >= 15 is 0 Å². The van der Waals surface area contributed by atoms with Crippen LogP contribution < -0.4 is 10.2 Å². The second-order valence-electron chi connectivity index (χ2n) is 6.19. The Labute approximate surface area is 144 Å². The number of amides is 1. The Morgan fingerprint density at radius 2 is 1.96 bits per heavy atom. The summed E-state index contributed by atoms with van der Waals surface area (Å²) in [6.07, 6.45) is 4.04. The molecule has 0 radical (unpaired) electrons. The van der Waals surface area contributed by atoms with Crippen LogP contribution in [0.25, 0.3) is 0 Å². The molecule has 128 valence electrons. The molecule has 2 N–H and O–H groups in total. The molecular formula is C17H26ClN3O2. The molecule has 23 heavy (non-hydrogen) atoms. The quantitative estimate of drug-likeness (QED) is 0.881. The van der Waals surface area contributed by atoms with E-state index in [1.807, 2.05) is 23.1 Å². The van der Waals surface area contributed by atoms with Gasteiger partial charge in [0.2, 0.25) is 5.91 Å². The van der Waals surface area contributed by atoms with Gasteiger partial charge in [-0.1, -0.05) is 12.1 Å². The van der Waals surface area contributed by atoms with Gasteiger partial charge in [0.05, 0.1) is 5.69 Å². The van der Waals surface area contributed by atoms with Crippen molar-refractivity contribution in [3.05, 3.63) is 24.3 Å². The molecule has 6 heteroatoms. The topological polar surface area (TPSA) is 55.8 Å². The minimum atomic E-state index is 0. The molecule has 1 unspecified atom stereocenters. The van der Waals surface area contributed by atoms with Gasteiger partial charge in [0, 0.05) is 38.6 Å². The van der Waals surface area contributed by atoms with E-state index in [-0.39, 0.29) is 18.3 Å². The summed E-state index contributed by atoms with van der Waals surface area (Å²) in [6, 6.07) is 7.93. The number of carbonyl (C=O) groups excluding carboxylic acids is 1. The molecule has 0 spiro atoms. The van der Waals surface area contributed by atoms with Gasteiger partial charge < -0.3 is 20.2 Å². The van der Waals surface area contributed by atoms with Crippen molar-refractivity contribution in [1.82, 2.24) is 10.2 Å². The van der Waals surface area contributed by atoms with Gasteiger partial charge in [-0.3, -0.25) is 4.79 Å². The highest BCUT2D eigenvalue weighted by atomic mass is 35.5. The predicted molar refractivity (Wildman–Crippen MR) is 94.4 cm³/mol. The van der Waals surface area contributed by atoms with E-state index in [4.69, 9.17) is 0 Å². The smallest absolute Gasteiger partial charge is 0.222 e. The number of benzene rings is 1. The lowest BCUT2D eigenvalue weighted by Crippen LogP contribution is -2.49. The Bertz CT molecular complexity index is 512. The van der Waals surface area contributed by atoms with Crippen molar-refractivity contribution in [3.8, 4) is 5.75 Å². The molecular weight excluding hydrogens is 314 g/mol. The van der Waals surface area contributed by atoms with Gasteiger partial charge in [-0.25, -0.2) is 0 Å². The summed E-state index contributed by atoms with van der Waals surface area (Å²) in [6.45, 7) is 4.14. The first-order valence-corrected chi connectivity index (χ1v) is 8.28. The van der Waals surface area contributed by atoms with Crippen LogP contribution in [-0.2, 0) is 4.79 Å². The molecule has 2 fully saturated rings. The van der Waals surface area contributed by atoms with E-state index in [0.717, 1.165) is 44.8 Å². The third kappa shape index (κ3) is 4.52. The van der Waals surface area contributed by atoms with Gasteiger partial charge >= 0.3 is 0 Å². The van der Waals surface area contributed by atoms with Crippen LogP contribution in [0.2, 0.25) is 0 Å². The van der Waals surface area contributed by atoms with E-state index in [1.54, 1.807) is 6.07 Å². The zero-order chi connectivity index (χ0) is 15.4. The van der Waals surface area contributed by atoms with Crippen LogP contribution in [0.5, 0.6) is 5.75 Å². The lowest BCUT2D eigenvalue weighted by molar-refractivity contribution is -0.131. The Morgan fingerprint density at radius 3 is 2.61 bits per heavy atom. The molecule has 0 aliphatic carbocycles. The number of hydrogen-bond acceptors (Lipinski definition) is 4. The van der Waals surface area contributed by atoms with Crippen molar-refractivity contribution in [2.75, 3.05) is 37.6 Å². The highest BCUT2D eigenvalue weighted by Gasteiger charge is 2.23. The number of hydrogen-bond donors (Lipinski definition) is 2.